The second-order valence-electron chi connectivity index (χ2n) is 4.75. The summed E-state index contributed by atoms with van der Waals surface area (Å²) in [5, 5.41) is 2.53. The number of hydrogen-bond donors (Lipinski definition) is 3. The summed E-state index contributed by atoms with van der Waals surface area (Å²) in [5.74, 6) is 4.66. The van der Waals surface area contributed by atoms with Crippen LogP contribution in [0.3, 0.4) is 0 Å². The Hall–Kier alpha value is -2.67. The van der Waals surface area contributed by atoms with E-state index < -0.39 is 5.91 Å². The molecule has 0 fully saturated rings. The van der Waals surface area contributed by atoms with Gasteiger partial charge in [0.2, 0.25) is 0 Å². The third kappa shape index (κ3) is 2.92. The lowest BCUT2D eigenvalue weighted by Crippen LogP contribution is -2.33. The van der Waals surface area contributed by atoms with E-state index in [0.717, 1.165) is 5.56 Å². The normalized spacial score (nSPS) is 10.4. The Bertz CT molecular complexity index is 787. The molecule has 0 aliphatic heterocycles. The Morgan fingerprint density at radius 3 is 2.38 bits per heavy atom. The number of carbonyl (C=O) groups excluding carboxylic acids is 1. The number of nitrogens with two attached hydrogens (primary N) is 1. The molecule has 7 heteroatoms. The number of aromatic amines is 1. The van der Waals surface area contributed by atoms with E-state index in [-0.39, 0.29) is 17.7 Å². The molecule has 2 aromatic rings. The number of H-pyrrole nitrogens is 1. The van der Waals surface area contributed by atoms with Gasteiger partial charge in [-0.25, -0.2) is 10.5 Å². The molecule has 0 atom stereocenters. The van der Waals surface area contributed by atoms with Gasteiger partial charge in [0.05, 0.1) is 6.54 Å². The molecule has 0 saturated carbocycles. The Labute approximate surface area is 120 Å². The number of benzene rings is 1. The van der Waals surface area contributed by atoms with Gasteiger partial charge in [-0.05, 0) is 31.5 Å². The van der Waals surface area contributed by atoms with Crippen LogP contribution in [0.15, 0.2) is 33.9 Å². The number of nitrogen functional groups attached to an aromatic ring is 1. The molecule has 0 aliphatic rings. The van der Waals surface area contributed by atoms with Crippen molar-refractivity contribution in [2.75, 3.05) is 0 Å². The van der Waals surface area contributed by atoms with Gasteiger partial charge in [0.1, 0.15) is 0 Å². The molecular formula is C14H16N4O3. The number of carbonyl (C=O) groups is 1. The summed E-state index contributed by atoms with van der Waals surface area (Å²) in [5.41, 5.74) is 3.56. The van der Waals surface area contributed by atoms with Gasteiger partial charge in [0.15, 0.2) is 0 Å². The van der Waals surface area contributed by atoms with Crippen LogP contribution in [0.5, 0.6) is 0 Å². The van der Waals surface area contributed by atoms with Crippen LogP contribution < -0.4 is 22.4 Å². The molecule has 0 saturated heterocycles. The lowest BCUT2D eigenvalue weighted by atomic mass is 10.1. The molecule has 7 nitrogen and oxygen atoms in total. The third-order valence-electron chi connectivity index (χ3n) is 3.39. The second kappa shape index (κ2) is 5.76. The average Bonchev–Trinajstić information content (AvgIpc) is 2.50. The van der Waals surface area contributed by atoms with Crippen molar-refractivity contribution in [3.63, 3.8) is 0 Å². The minimum atomic E-state index is -0.390. The molecular weight excluding hydrogens is 272 g/mol. The van der Waals surface area contributed by atoms with Crippen molar-refractivity contribution in [2.45, 2.75) is 20.4 Å². The fraction of sp³-hybridized carbons (Fsp3) is 0.214. The van der Waals surface area contributed by atoms with Crippen LogP contribution >= 0.6 is 0 Å². The predicted molar refractivity (Wildman–Crippen MR) is 78.0 cm³/mol. The summed E-state index contributed by atoms with van der Waals surface area (Å²) in [6, 6.07) is 6.60. The first-order chi connectivity index (χ1) is 9.93. The number of nitrogens with one attached hydrogen (secondary N) is 2. The highest BCUT2D eigenvalue weighted by atomic mass is 16.2. The van der Waals surface area contributed by atoms with E-state index in [1.807, 2.05) is 5.43 Å². The zero-order chi connectivity index (χ0) is 15.6. The van der Waals surface area contributed by atoms with E-state index in [2.05, 4.69) is 5.10 Å². The van der Waals surface area contributed by atoms with E-state index in [9.17, 15) is 14.4 Å². The van der Waals surface area contributed by atoms with Gasteiger partial charge in [0.25, 0.3) is 17.0 Å². The molecule has 2 rings (SSSR count). The van der Waals surface area contributed by atoms with Gasteiger partial charge in [-0.2, -0.15) is 0 Å². The molecule has 110 valence electrons. The van der Waals surface area contributed by atoms with Crippen LogP contribution in [-0.4, -0.2) is 15.7 Å². The summed E-state index contributed by atoms with van der Waals surface area (Å²) in [7, 11) is 0. The number of aromatic nitrogens is 2. The standard InChI is InChI=1S/C14H16N4O3/c1-8-9(2)14(21)18(17-12(8)19)7-10-3-5-11(6-4-10)13(20)16-15/h3-6H,7,15H2,1-2H3,(H,16,20)(H,17,19). The number of amides is 1. The van der Waals surface area contributed by atoms with Gasteiger partial charge in [-0.3, -0.25) is 24.9 Å². The zero-order valence-electron chi connectivity index (χ0n) is 11.8. The third-order valence-corrected chi connectivity index (χ3v) is 3.39. The smallest absolute Gasteiger partial charge is 0.268 e. The first-order valence-corrected chi connectivity index (χ1v) is 6.34. The Kier molecular flexibility index (Phi) is 4.04. The Morgan fingerprint density at radius 2 is 1.81 bits per heavy atom. The van der Waals surface area contributed by atoms with Crippen LogP contribution in [0.25, 0.3) is 0 Å². The highest BCUT2D eigenvalue weighted by Gasteiger charge is 2.08. The van der Waals surface area contributed by atoms with Crippen molar-refractivity contribution in [2.24, 2.45) is 5.84 Å². The molecule has 1 amide bonds. The van der Waals surface area contributed by atoms with Crippen molar-refractivity contribution in [1.29, 1.82) is 0 Å². The lowest BCUT2D eigenvalue weighted by Gasteiger charge is -2.08. The van der Waals surface area contributed by atoms with Gasteiger partial charge >= 0.3 is 0 Å². The second-order valence-corrected chi connectivity index (χ2v) is 4.75. The van der Waals surface area contributed by atoms with Crippen LogP contribution in [-0.2, 0) is 6.54 Å². The highest BCUT2D eigenvalue weighted by Crippen LogP contribution is 2.05. The van der Waals surface area contributed by atoms with Crippen LogP contribution in [0, 0.1) is 13.8 Å². The van der Waals surface area contributed by atoms with Gasteiger partial charge in [-0.1, -0.05) is 12.1 Å². The van der Waals surface area contributed by atoms with Crippen LogP contribution in [0.4, 0.5) is 0 Å². The van der Waals surface area contributed by atoms with Gasteiger partial charge < -0.3 is 0 Å². The number of nitrogens with zero attached hydrogens (tertiary/aromatic N) is 1. The van der Waals surface area contributed by atoms with Gasteiger partial charge in [-0.15, -0.1) is 0 Å². The summed E-state index contributed by atoms with van der Waals surface area (Å²) in [4.78, 5) is 35.1. The molecule has 21 heavy (non-hydrogen) atoms. The average molecular weight is 288 g/mol. The first-order valence-electron chi connectivity index (χ1n) is 6.34. The van der Waals surface area contributed by atoms with Crippen molar-refractivity contribution in [1.82, 2.24) is 15.2 Å². The first kappa shape index (κ1) is 14.7. The van der Waals surface area contributed by atoms with E-state index in [0.29, 0.717) is 16.7 Å². The van der Waals surface area contributed by atoms with E-state index in [1.54, 1.807) is 38.1 Å². The SMILES string of the molecule is Cc1c(C)c(=O)n(Cc2ccc(C(=O)NN)cc2)[nH]c1=O. The summed E-state index contributed by atoms with van der Waals surface area (Å²) >= 11 is 0. The fourth-order valence-electron chi connectivity index (χ4n) is 1.93. The van der Waals surface area contributed by atoms with Crippen LogP contribution in [0.2, 0.25) is 0 Å². The highest BCUT2D eigenvalue weighted by molar-refractivity contribution is 5.93. The Balaban J connectivity index is 2.33. The predicted octanol–water partition coefficient (Wildman–Crippen LogP) is -0.195. The topological polar surface area (TPSA) is 110 Å². The lowest BCUT2D eigenvalue weighted by molar-refractivity contribution is 0.0953. The number of hydrogen-bond acceptors (Lipinski definition) is 4. The summed E-state index contributed by atoms with van der Waals surface area (Å²) in [6.07, 6.45) is 0. The van der Waals surface area contributed by atoms with Crippen LogP contribution in [0.1, 0.15) is 27.0 Å². The van der Waals surface area contributed by atoms with Crippen molar-refractivity contribution in [3.8, 4) is 0 Å². The molecule has 0 aliphatic carbocycles. The molecule has 1 aromatic carbocycles. The molecule has 1 heterocycles. The maximum absolute atomic E-state index is 12.1. The summed E-state index contributed by atoms with van der Waals surface area (Å²) in [6.45, 7) is 3.46. The molecule has 0 radical (unpaired) electrons. The zero-order valence-corrected chi connectivity index (χ0v) is 11.8. The number of rotatable bonds is 3. The molecule has 1 aromatic heterocycles. The van der Waals surface area contributed by atoms with E-state index in [1.165, 1.54) is 4.68 Å². The monoisotopic (exact) mass is 288 g/mol. The maximum Gasteiger partial charge on any atom is 0.268 e. The molecule has 0 spiro atoms. The van der Waals surface area contributed by atoms with Crippen molar-refractivity contribution in [3.05, 3.63) is 67.2 Å². The van der Waals surface area contributed by atoms with Gasteiger partial charge in [0, 0.05) is 16.7 Å². The molecule has 0 unspecified atom stereocenters. The summed E-state index contributed by atoms with van der Waals surface area (Å²) < 4.78 is 1.25. The fourth-order valence-corrected chi connectivity index (χ4v) is 1.93. The quantitative estimate of drug-likeness (QED) is 0.413. The van der Waals surface area contributed by atoms with E-state index >= 15 is 0 Å². The maximum atomic E-state index is 12.1. The minimum absolute atomic E-state index is 0.222. The van der Waals surface area contributed by atoms with Crippen molar-refractivity contribution < 1.29 is 4.79 Å². The minimum Gasteiger partial charge on any atom is -0.290 e. The molecule has 0 bridgehead atoms. The Morgan fingerprint density at radius 1 is 1.19 bits per heavy atom. The number of hydrazine groups is 1. The largest absolute Gasteiger partial charge is 0.290 e. The molecule has 4 N–H and O–H groups in total. The van der Waals surface area contributed by atoms with Crippen molar-refractivity contribution >= 4 is 5.91 Å². The van der Waals surface area contributed by atoms with E-state index in [4.69, 9.17) is 5.84 Å².